The summed E-state index contributed by atoms with van der Waals surface area (Å²) >= 11 is 0. The minimum Gasteiger partial charge on any atom is -0.356 e. The van der Waals surface area contributed by atoms with Crippen LogP contribution in [0.2, 0.25) is 0 Å². The number of rotatable bonds is 4. The van der Waals surface area contributed by atoms with Crippen molar-refractivity contribution in [1.82, 2.24) is 14.6 Å². The van der Waals surface area contributed by atoms with Gasteiger partial charge >= 0.3 is 0 Å². The lowest BCUT2D eigenvalue weighted by Gasteiger charge is -2.22. The highest BCUT2D eigenvalue weighted by molar-refractivity contribution is 7.89. The molecule has 0 aromatic carbocycles. The molecule has 6 heteroatoms. The Morgan fingerprint density at radius 2 is 2.18 bits per heavy atom. The zero-order valence-electron chi connectivity index (χ0n) is 10.0. The molecule has 2 N–H and O–H groups in total. The Hall–Kier alpha value is -0.850. The zero-order chi connectivity index (χ0) is 12.3. The van der Waals surface area contributed by atoms with Gasteiger partial charge in [-0.25, -0.2) is 13.1 Å². The first kappa shape index (κ1) is 12.6. The van der Waals surface area contributed by atoms with Crippen molar-refractivity contribution in [2.45, 2.75) is 17.7 Å². The van der Waals surface area contributed by atoms with Crippen LogP contribution in [0, 0.1) is 5.92 Å². The Morgan fingerprint density at radius 1 is 1.47 bits per heavy atom. The quantitative estimate of drug-likeness (QED) is 0.815. The summed E-state index contributed by atoms with van der Waals surface area (Å²) in [5.41, 5.74) is 0. The van der Waals surface area contributed by atoms with Gasteiger partial charge in [-0.05, 0) is 37.9 Å². The molecule has 1 aromatic rings. The highest BCUT2D eigenvalue weighted by Crippen LogP contribution is 2.13. The number of nitrogens with zero attached hydrogens (tertiary/aromatic N) is 1. The molecular weight excluding hydrogens is 238 g/mol. The third-order valence-corrected chi connectivity index (χ3v) is 4.54. The van der Waals surface area contributed by atoms with E-state index >= 15 is 0 Å². The average molecular weight is 257 g/mol. The number of aryl methyl sites for hydroxylation is 1. The second-order valence-corrected chi connectivity index (χ2v) is 6.32. The maximum atomic E-state index is 11.9. The molecule has 96 valence electrons. The van der Waals surface area contributed by atoms with Crippen LogP contribution in [0.25, 0.3) is 0 Å². The van der Waals surface area contributed by atoms with Gasteiger partial charge in [0, 0.05) is 26.0 Å². The van der Waals surface area contributed by atoms with Crippen molar-refractivity contribution >= 4 is 10.0 Å². The van der Waals surface area contributed by atoms with Gasteiger partial charge in [0.1, 0.15) is 0 Å². The molecule has 17 heavy (non-hydrogen) atoms. The fraction of sp³-hybridized carbons (Fsp3) is 0.636. The molecule has 5 nitrogen and oxygen atoms in total. The summed E-state index contributed by atoms with van der Waals surface area (Å²) in [5, 5.41) is 3.27. The van der Waals surface area contributed by atoms with E-state index in [2.05, 4.69) is 10.0 Å². The van der Waals surface area contributed by atoms with Crippen molar-refractivity contribution in [2.75, 3.05) is 19.6 Å². The van der Waals surface area contributed by atoms with Crippen LogP contribution in [-0.4, -0.2) is 32.6 Å². The van der Waals surface area contributed by atoms with Crippen LogP contribution in [0.15, 0.2) is 23.4 Å². The van der Waals surface area contributed by atoms with Gasteiger partial charge in [0.25, 0.3) is 0 Å². The Balaban J connectivity index is 1.93. The maximum absolute atomic E-state index is 11.9. The number of nitrogens with one attached hydrogen (secondary N) is 2. The van der Waals surface area contributed by atoms with E-state index in [0.717, 1.165) is 25.9 Å². The first-order valence-electron chi connectivity index (χ1n) is 5.90. The Bertz CT molecular complexity index is 461. The van der Waals surface area contributed by atoms with Crippen LogP contribution in [0.3, 0.4) is 0 Å². The Morgan fingerprint density at radius 3 is 2.76 bits per heavy atom. The summed E-state index contributed by atoms with van der Waals surface area (Å²) in [7, 11) is -1.52. The van der Waals surface area contributed by atoms with Crippen LogP contribution in [0.1, 0.15) is 12.8 Å². The van der Waals surface area contributed by atoms with Crippen LogP contribution in [0.4, 0.5) is 0 Å². The molecule has 0 amide bonds. The summed E-state index contributed by atoms with van der Waals surface area (Å²) in [4.78, 5) is 0.342. The fourth-order valence-electron chi connectivity index (χ4n) is 2.03. The van der Waals surface area contributed by atoms with E-state index in [1.165, 1.54) is 0 Å². The van der Waals surface area contributed by atoms with E-state index < -0.39 is 10.0 Å². The van der Waals surface area contributed by atoms with Crippen molar-refractivity contribution < 1.29 is 8.42 Å². The predicted molar refractivity (Wildman–Crippen MR) is 66.2 cm³/mol. The first-order valence-corrected chi connectivity index (χ1v) is 7.38. The van der Waals surface area contributed by atoms with E-state index in [4.69, 9.17) is 0 Å². The third kappa shape index (κ3) is 3.31. The fourth-order valence-corrected chi connectivity index (χ4v) is 3.20. The molecule has 0 spiro atoms. The highest BCUT2D eigenvalue weighted by atomic mass is 32.2. The predicted octanol–water partition coefficient (Wildman–Crippen LogP) is 0.303. The van der Waals surface area contributed by atoms with Crippen molar-refractivity contribution in [3.05, 3.63) is 18.5 Å². The molecule has 1 aromatic heterocycles. The lowest BCUT2D eigenvalue weighted by Crippen LogP contribution is -2.35. The van der Waals surface area contributed by atoms with Gasteiger partial charge in [-0.1, -0.05) is 0 Å². The van der Waals surface area contributed by atoms with Gasteiger partial charge in [0.05, 0.1) is 4.90 Å². The molecule has 1 saturated heterocycles. The summed E-state index contributed by atoms with van der Waals surface area (Å²) < 4.78 is 28.3. The normalized spacial score (nSPS) is 18.4. The zero-order valence-corrected chi connectivity index (χ0v) is 10.8. The Labute approximate surface area is 102 Å². The van der Waals surface area contributed by atoms with Crippen LogP contribution in [-0.2, 0) is 17.1 Å². The number of hydrogen-bond donors (Lipinski definition) is 2. The van der Waals surface area contributed by atoms with Crippen molar-refractivity contribution in [2.24, 2.45) is 13.0 Å². The summed E-state index contributed by atoms with van der Waals surface area (Å²) in [6.07, 6.45) is 5.43. The van der Waals surface area contributed by atoms with E-state index in [1.807, 2.05) is 7.05 Å². The lowest BCUT2D eigenvalue weighted by atomic mass is 9.99. The molecule has 2 heterocycles. The molecule has 0 radical (unpaired) electrons. The van der Waals surface area contributed by atoms with Gasteiger partial charge in [0.15, 0.2) is 0 Å². The SMILES string of the molecule is Cn1ccc(S(=O)(=O)NCC2CCNCC2)c1. The van der Waals surface area contributed by atoms with E-state index in [0.29, 0.717) is 17.4 Å². The lowest BCUT2D eigenvalue weighted by molar-refractivity contribution is 0.372. The summed E-state index contributed by atoms with van der Waals surface area (Å²) in [6.45, 7) is 2.51. The molecule has 0 aliphatic carbocycles. The Kier molecular flexibility index (Phi) is 3.86. The van der Waals surface area contributed by atoms with Crippen molar-refractivity contribution in [3.8, 4) is 0 Å². The number of sulfonamides is 1. The maximum Gasteiger partial charge on any atom is 0.242 e. The molecule has 1 aliphatic heterocycles. The van der Waals surface area contributed by atoms with Gasteiger partial charge in [-0.2, -0.15) is 0 Å². The summed E-state index contributed by atoms with van der Waals surface area (Å²) in [5.74, 6) is 0.453. The topological polar surface area (TPSA) is 63.1 Å². The van der Waals surface area contributed by atoms with Gasteiger partial charge in [-0.3, -0.25) is 0 Å². The van der Waals surface area contributed by atoms with Crippen molar-refractivity contribution in [3.63, 3.8) is 0 Å². The molecule has 2 rings (SSSR count). The van der Waals surface area contributed by atoms with E-state index in [1.54, 1.807) is 23.0 Å². The second-order valence-electron chi connectivity index (χ2n) is 4.56. The first-order chi connectivity index (χ1) is 8.08. The van der Waals surface area contributed by atoms with Crippen LogP contribution < -0.4 is 10.0 Å². The van der Waals surface area contributed by atoms with Gasteiger partial charge < -0.3 is 9.88 Å². The summed E-state index contributed by atoms with van der Waals surface area (Å²) in [6, 6.07) is 1.62. The number of hydrogen-bond acceptors (Lipinski definition) is 3. The molecule has 1 fully saturated rings. The van der Waals surface area contributed by atoms with Crippen LogP contribution >= 0.6 is 0 Å². The molecule has 1 aliphatic rings. The molecule has 0 bridgehead atoms. The molecule has 0 unspecified atom stereocenters. The van der Waals surface area contributed by atoms with Crippen molar-refractivity contribution in [1.29, 1.82) is 0 Å². The average Bonchev–Trinajstić information content (AvgIpc) is 2.76. The van der Waals surface area contributed by atoms with Gasteiger partial charge in [-0.15, -0.1) is 0 Å². The minimum absolute atomic E-state index is 0.342. The van der Waals surface area contributed by atoms with Crippen LogP contribution in [0.5, 0.6) is 0 Å². The monoisotopic (exact) mass is 257 g/mol. The minimum atomic E-state index is -3.33. The smallest absolute Gasteiger partial charge is 0.242 e. The highest BCUT2D eigenvalue weighted by Gasteiger charge is 2.19. The standard InChI is InChI=1S/C11H19N3O2S/c1-14-7-4-11(9-14)17(15,16)13-8-10-2-5-12-6-3-10/h4,7,9-10,12-13H,2-3,5-6,8H2,1H3. The van der Waals surface area contributed by atoms with E-state index in [9.17, 15) is 8.42 Å². The largest absolute Gasteiger partial charge is 0.356 e. The molecule has 0 atom stereocenters. The number of piperidine rings is 1. The third-order valence-electron chi connectivity index (χ3n) is 3.14. The molecular formula is C11H19N3O2S. The van der Waals surface area contributed by atoms with E-state index in [-0.39, 0.29) is 0 Å². The second kappa shape index (κ2) is 5.20. The number of aromatic nitrogens is 1. The van der Waals surface area contributed by atoms with Gasteiger partial charge in [0.2, 0.25) is 10.0 Å². The molecule has 0 saturated carbocycles.